The van der Waals surface area contributed by atoms with E-state index in [1.165, 1.54) is 6.07 Å². The van der Waals surface area contributed by atoms with Gasteiger partial charge in [-0.05, 0) is 50.8 Å². The van der Waals surface area contributed by atoms with E-state index in [9.17, 15) is 13.6 Å². The largest absolute Gasteiger partial charge is 0.332 e. The van der Waals surface area contributed by atoms with Gasteiger partial charge in [-0.3, -0.25) is 4.79 Å². The first-order valence-corrected chi connectivity index (χ1v) is 8.60. The Labute approximate surface area is 136 Å². The second-order valence-electron chi connectivity index (χ2n) is 6.61. The Kier molecular flexibility index (Phi) is 4.95. The number of amides is 1. The first-order chi connectivity index (χ1) is 11.1. The molecule has 23 heavy (non-hydrogen) atoms. The summed E-state index contributed by atoms with van der Waals surface area (Å²) in [5.74, 6) is -2.00. The number of benzene rings is 1. The molecule has 0 atom stereocenters. The lowest BCUT2D eigenvalue weighted by molar-refractivity contribution is 0.0540. The second kappa shape index (κ2) is 6.95. The molecule has 2 aliphatic rings. The van der Waals surface area contributed by atoms with E-state index in [-0.39, 0.29) is 12.1 Å². The van der Waals surface area contributed by atoms with E-state index in [4.69, 9.17) is 0 Å². The number of likely N-dealkylation sites (tertiary alicyclic amines) is 1. The number of nitrogens with zero attached hydrogens (tertiary/aromatic N) is 2. The summed E-state index contributed by atoms with van der Waals surface area (Å²) in [6, 6.07) is 3.87. The number of carbonyl (C=O) groups excluding carboxylic acids is 1. The summed E-state index contributed by atoms with van der Waals surface area (Å²) in [6.07, 6.45) is 4.78. The number of piperidine rings is 1. The normalized spacial score (nSPS) is 19.8. The molecule has 0 N–H and O–H groups in total. The fraction of sp³-hybridized carbons (Fsp3) is 0.611. The maximum Gasteiger partial charge on any atom is 0.260 e. The zero-order valence-electron chi connectivity index (χ0n) is 13.6. The number of rotatable bonds is 5. The van der Waals surface area contributed by atoms with Crippen LogP contribution < -0.4 is 0 Å². The zero-order valence-corrected chi connectivity index (χ0v) is 13.6. The van der Waals surface area contributed by atoms with Crippen LogP contribution in [-0.4, -0.2) is 47.4 Å². The van der Waals surface area contributed by atoms with Crippen LogP contribution in [0.1, 0.15) is 49.4 Å². The van der Waals surface area contributed by atoms with Gasteiger partial charge in [-0.2, -0.15) is 0 Å². The van der Waals surface area contributed by atoms with E-state index in [1.54, 1.807) is 4.90 Å². The van der Waals surface area contributed by atoms with Crippen molar-refractivity contribution in [2.75, 3.05) is 19.6 Å². The lowest BCUT2D eigenvalue weighted by Gasteiger charge is -2.39. The van der Waals surface area contributed by atoms with Crippen molar-refractivity contribution in [3.05, 3.63) is 35.4 Å². The molecule has 0 aromatic heterocycles. The molecular formula is C18H24F2N2O. The summed E-state index contributed by atoms with van der Waals surface area (Å²) >= 11 is 0. The molecular weight excluding hydrogens is 298 g/mol. The molecule has 3 nitrogen and oxygen atoms in total. The smallest absolute Gasteiger partial charge is 0.260 e. The van der Waals surface area contributed by atoms with Crippen molar-refractivity contribution in [1.29, 1.82) is 0 Å². The fourth-order valence-corrected chi connectivity index (χ4v) is 3.55. The van der Waals surface area contributed by atoms with Gasteiger partial charge in [-0.1, -0.05) is 13.0 Å². The lowest BCUT2D eigenvalue weighted by atomic mass is 10.0. The van der Waals surface area contributed by atoms with Crippen LogP contribution in [0.25, 0.3) is 0 Å². The Morgan fingerprint density at radius 2 is 1.70 bits per heavy atom. The molecule has 1 aliphatic heterocycles. The first-order valence-electron chi connectivity index (χ1n) is 8.60. The van der Waals surface area contributed by atoms with Gasteiger partial charge in [0, 0.05) is 25.2 Å². The molecule has 1 aromatic rings. The van der Waals surface area contributed by atoms with E-state index in [1.807, 2.05) is 0 Å². The summed E-state index contributed by atoms with van der Waals surface area (Å²) < 4.78 is 28.0. The van der Waals surface area contributed by atoms with Crippen LogP contribution in [0.2, 0.25) is 0 Å². The number of carbonyl (C=O) groups is 1. The van der Waals surface area contributed by atoms with Gasteiger partial charge in [-0.25, -0.2) is 8.78 Å². The molecule has 0 bridgehead atoms. The first kappa shape index (κ1) is 16.4. The monoisotopic (exact) mass is 322 g/mol. The molecule has 0 spiro atoms. The summed E-state index contributed by atoms with van der Waals surface area (Å²) in [5, 5.41) is 0. The van der Waals surface area contributed by atoms with Gasteiger partial charge < -0.3 is 9.80 Å². The highest BCUT2D eigenvalue weighted by atomic mass is 19.1. The molecule has 2 fully saturated rings. The average molecular weight is 322 g/mol. The molecule has 0 unspecified atom stereocenters. The van der Waals surface area contributed by atoms with Crippen LogP contribution >= 0.6 is 0 Å². The lowest BCUT2D eigenvalue weighted by Crippen LogP contribution is -2.48. The quantitative estimate of drug-likeness (QED) is 0.829. The van der Waals surface area contributed by atoms with Crippen molar-refractivity contribution in [2.24, 2.45) is 0 Å². The van der Waals surface area contributed by atoms with E-state index in [0.29, 0.717) is 0 Å². The summed E-state index contributed by atoms with van der Waals surface area (Å²) in [4.78, 5) is 17.0. The third-order valence-corrected chi connectivity index (χ3v) is 4.84. The SMILES string of the molecule is CCCN1CCC(N(C(=O)c2c(F)cccc2F)C2CC2)CC1. The minimum absolute atomic E-state index is 0.0992. The topological polar surface area (TPSA) is 23.6 Å². The Morgan fingerprint density at radius 1 is 1.13 bits per heavy atom. The number of hydrogen-bond acceptors (Lipinski definition) is 2. The fourth-order valence-electron chi connectivity index (χ4n) is 3.55. The van der Waals surface area contributed by atoms with Gasteiger partial charge in [0.1, 0.15) is 17.2 Å². The van der Waals surface area contributed by atoms with Crippen molar-refractivity contribution >= 4 is 5.91 Å². The van der Waals surface area contributed by atoms with Crippen molar-refractivity contribution in [3.8, 4) is 0 Å². The molecule has 1 aliphatic carbocycles. The Balaban J connectivity index is 1.76. The highest BCUT2D eigenvalue weighted by molar-refractivity contribution is 5.95. The van der Waals surface area contributed by atoms with Crippen molar-refractivity contribution in [1.82, 2.24) is 9.80 Å². The van der Waals surface area contributed by atoms with Crippen LogP contribution in [0, 0.1) is 11.6 Å². The average Bonchev–Trinajstić information content (AvgIpc) is 3.34. The minimum atomic E-state index is -0.760. The minimum Gasteiger partial charge on any atom is -0.332 e. The summed E-state index contributed by atoms with van der Waals surface area (Å²) in [6.45, 7) is 5.14. The Hall–Kier alpha value is -1.49. The summed E-state index contributed by atoms with van der Waals surface area (Å²) in [5.41, 5.74) is -0.393. The molecule has 126 valence electrons. The van der Waals surface area contributed by atoms with E-state index < -0.39 is 23.1 Å². The molecule has 1 aromatic carbocycles. The zero-order chi connectivity index (χ0) is 16.4. The summed E-state index contributed by atoms with van der Waals surface area (Å²) in [7, 11) is 0. The highest BCUT2D eigenvalue weighted by Crippen LogP contribution is 2.34. The maximum atomic E-state index is 14.0. The molecule has 1 saturated heterocycles. The predicted octanol–water partition coefficient (Wildman–Crippen LogP) is 3.44. The molecule has 0 radical (unpaired) electrons. The second-order valence-corrected chi connectivity index (χ2v) is 6.61. The predicted molar refractivity (Wildman–Crippen MR) is 85.3 cm³/mol. The standard InChI is InChI=1S/C18H24F2N2O/c1-2-10-21-11-8-14(9-12-21)22(13-6-7-13)18(23)17-15(19)4-3-5-16(17)20/h3-5,13-14H,2,6-12H2,1H3. The van der Waals surface area contributed by atoms with Gasteiger partial charge >= 0.3 is 0 Å². The van der Waals surface area contributed by atoms with Crippen molar-refractivity contribution < 1.29 is 13.6 Å². The maximum absolute atomic E-state index is 14.0. The third-order valence-electron chi connectivity index (χ3n) is 4.84. The van der Waals surface area contributed by atoms with Gasteiger partial charge in [0.25, 0.3) is 5.91 Å². The van der Waals surface area contributed by atoms with Gasteiger partial charge in [0.2, 0.25) is 0 Å². The van der Waals surface area contributed by atoms with Crippen LogP contribution in [0.3, 0.4) is 0 Å². The van der Waals surface area contributed by atoms with Crippen LogP contribution in [0.15, 0.2) is 18.2 Å². The van der Waals surface area contributed by atoms with Crippen LogP contribution in [0.5, 0.6) is 0 Å². The van der Waals surface area contributed by atoms with Gasteiger partial charge in [0.15, 0.2) is 0 Å². The van der Waals surface area contributed by atoms with E-state index in [0.717, 1.165) is 63.9 Å². The Morgan fingerprint density at radius 3 is 2.22 bits per heavy atom. The van der Waals surface area contributed by atoms with E-state index in [2.05, 4.69) is 11.8 Å². The van der Waals surface area contributed by atoms with Crippen molar-refractivity contribution in [2.45, 2.75) is 51.1 Å². The number of halogens is 2. The van der Waals surface area contributed by atoms with Crippen LogP contribution in [-0.2, 0) is 0 Å². The molecule has 1 amide bonds. The van der Waals surface area contributed by atoms with E-state index >= 15 is 0 Å². The van der Waals surface area contributed by atoms with Crippen LogP contribution in [0.4, 0.5) is 8.78 Å². The van der Waals surface area contributed by atoms with Gasteiger partial charge in [0.05, 0.1) is 0 Å². The van der Waals surface area contributed by atoms with Gasteiger partial charge in [-0.15, -0.1) is 0 Å². The Bertz CT molecular complexity index is 546. The molecule has 5 heteroatoms. The highest BCUT2D eigenvalue weighted by Gasteiger charge is 2.40. The molecule has 1 saturated carbocycles. The molecule has 3 rings (SSSR count). The number of hydrogen-bond donors (Lipinski definition) is 0. The molecule has 1 heterocycles. The van der Waals surface area contributed by atoms with Crippen molar-refractivity contribution in [3.63, 3.8) is 0 Å². The third kappa shape index (κ3) is 3.55.